The number of allylic oxidation sites excluding steroid dienone is 1. The van der Waals surface area contributed by atoms with E-state index in [1.807, 2.05) is 19.9 Å². The van der Waals surface area contributed by atoms with Gasteiger partial charge in [0, 0.05) is 35.6 Å². The Labute approximate surface area is 228 Å². The molecule has 1 saturated carbocycles. The minimum absolute atomic E-state index is 0.0505. The number of pyridine rings is 1. The monoisotopic (exact) mass is 537 g/mol. The summed E-state index contributed by atoms with van der Waals surface area (Å²) in [4.78, 5) is 37.8. The predicted molar refractivity (Wildman–Crippen MR) is 144 cm³/mol. The van der Waals surface area contributed by atoms with E-state index in [2.05, 4.69) is 15.3 Å². The van der Waals surface area contributed by atoms with Gasteiger partial charge in [-0.05, 0) is 50.1 Å². The Kier molecular flexibility index (Phi) is 5.32. The molecule has 4 N–H and O–H groups in total. The first-order chi connectivity index (χ1) is 19.0. The van der Waals surface area contributed by atoms with Gasteiger partial charge in [-0.2, -0.15) is 5.26 Å². The summed E-state index contributed by atoms with van der Waals surface area (Å²) in [5, 5.41) is 21.4. The molecule has 40 heavy (non-hydrogen) atoms. The van der Waals surface area contributed by atoms with Crippen molar-refractivity contribution in [2.45, 2.75) is 26.2 Å². The predicted octanol–water partition coefficient (Wildman–Crippen LogP) is 4.19. The molecule has 0 radical (unpaired) electrons. The number of nitrogens with zero attached hydrogens (tertiary/aromatic N) is 5. The second-order valence-electron chi connectivity index (χ2n) is 10.7. The lowest BCUT2D eigenvalue weighted by atomic mass is 9.38. The molecular formula is C29H24FN7O3. The second kappa shape index (κ2) is 8.44. The van der Waals surface area contributed by atoms with E-state index in [9.17, 15) is 14.7 Å². The van der Waals surface area contributed by atoms with Crippen molar-refractivity contribution in [2.24, 2.45) is 17.3 Å². The molecule has 0 saturated heterocycles. The van der Waals surface area contributed by atoms with Crippen molar-refractivity contribution in [2.75, 3.05) is 11.1 Å². The number of carbonyl (C=O) groups is 2. The molecule has 2 aliphatic carbocycles. The van der Waals surface area contributed by atoms with Crippen LogP contribution in [0.5, 0.6) is 0 Å². The Morgan fingerprint density at radius 1 is 1.20 bits per heavy atom. The molecule has 10 nitrogen and oxygen atoms in total. The highest BCUT2D eigenvalue weighted by molar-refractivity contribution is 6.04. The zero-order valence-corrected chi connectivity index (χ0v) is 21.8. The summed E-state index contributed by atoms with van der Waals surface area (Å²) in [5.41, 5.74) is 6.93. The van der Waals surface area contributed by atoms with Crippen LogP contribution in [0.4, 0.5) is 16.0 Å². The summed E-state index contributed by atoms with van der Waals surface area (Å²) in [5.74, 6) is -1.38. The van der Waals surface area contributed by atoms with Gasteiger partial charge in [0.2, 0.25) is 0 Å². The molecule has 1 amide bonds. The Balaban J connectivity index is 1.40. The first kappa shape index (κ1) is 25.2. The fourth-order valence-electron chi connectivity index (χ4n) is 6.24. The summed E-state index contributed by atoms with van der Waals surface area (Å²) < 4.78 is 17.4. The number of aromatic nitrogens is 4. The molecule has 0 spiro atoms. The summed E-state index contributed by atoms with van der Waals surface area (Å²) in [6.07, 6.45) is 6.43. The molecule has 0 aliphatic heterocycles. The number of rotatable bonds is 5. The van der Waals surface area contributed by atoms with E-state index >= 15 is 4.39 Å². The van der Waals surface area contributed by atoms with Gasteiger partial charge < -0.3 is 16.2 Å². The largest absolute Gasteiger partial charge is 0.481 e. The van der Waals surface area contributed by atoms with Crippen molar-refractivity contribution in [1.29, 1.82) is 5.26 Å². The van der Waals surface area contributed by atoms with Gasteiger partial charge in [0.1, 0.15) is 34.5 Å². The van der Waals surface area contributed by atoms with Crippen molar-refractivity contribution in [3.63, 3.8) is 0 Å². The summed E-state index contributed by atoms with van der Waals surface area (Å²) >= 11 is 0. The standard InChI is InChI=1S/C29H24FN7O3/c1-14-21-18(12-28(21,2)27(39)40)29(14,3)26-36-22(23-24(32)34-8-9-37(23)26)17-5-4-16(11-19(17)30)25(38)35-20-10-15(13-31)6-7-33-20/h4-12,14,21H,1-3H3,(H2,32,34)(H,39,40)(H,33,35,38). The normalized spacial score (nSPS) is 24.7. The molecule has 4 atom stereocenters. The molecule has 11 heteroatoms. The van der Waals surface area contributed by atoms with E-state index in [0.29, 0.717) is 16.9 Å². The Morgan fingerprint density at radius 3 is 2.65 bits per heavy atom. The van der Waals surface area contributed by atoms with Crippen LogP contribution in [0.2, 0.25) is 0 Å². The highest BCUT2D eigenvalue weighted by Gasteiger charge is 2.68. The molecule has 4 aromatic rings. The van der Waals surface area contributed by atoms with Gasteiger partial charge in [0.25, 0.3) is 5.91 Å². The van der Waals surface area contributed by atoms with Crippen LogP contribution in [0, 0.1) is 34.4 Å². The number of aliphatic carboxylic acids is 1. The maximum Gasteiger partial charge on any atom is 0.313 e. The zero-order valence-electron chi connectivity index (χ0n) is 21.8. The third kappa shape index (κ3) is 3.29. The number of nitrogen functional groups attached to an aromatic ring is 1. The molecule has 0 bridgehead atoms. The van der Waals surface area contributed by atoms with Crippen molar-refractivity contribution in [1.82, 2.24) is 19.4 Å². The molecular weight excluding hydrogens is 513 g/mol. The Morgan fingerprint density at radius 2 is 1.98 bits per heavy atom. The van der Waals surface area contributed by atoms with Crippen molar-refractivity contribution in [3.05, 3.63) is 83.3 Å². The number of hydrogen-bond acceptors (Lipinski definition) is 7. The minimum atomic E-state index is -0.932. The minimum Gasteiger partial charge on any atom is -0.481 e. The van der Waals surface area contributed by atoms with Crippen molar-refractivity contribution < 1.29 is 19.1 Å². The average Bonchev–Trinajstić information content (AvgIpc) is 3.32. The summed E-state index contributed by atoms with van der Waals surface area (Å²) in [6, 6.07) is 8.92. The number of carboxylic acid groups (broad SMARTS) is 1. The van der Waals surface area contributed by atoms with E-state index in [1.165, 1.54) is 36.7 Å². The van der Waals surface area contributed by atoms with Gasteiger partial charge in [-0.15, -0.1) is 0 Å². The summed E-state index contributed by atoms with van der Waals surface area (Å²) in [7, 11) is 0. The summed E-state index contributed by atoms with van der Waals surface area (Å²) in [6.45, 7) is 5.73. The van der Waals surface area contributed by atoms with E-state index in [1.54, 1.807) is 23.6 Å². The van der Waals surface area contributed by atoms with Gasteiger partial charge in [-0.3, -0.25) is 14.0 Å². The number of nitriles is 1. The number of fused-ring (bicyclic) bond motifs is 2. The number of benzene rings is 1. The highest BCUT2D eigenvalue weighted by Crippen LogP contribution is 2.69. The van der Waals surface area contributed by atoms with Crippen LogP contribution in [0.1, 0.15) is 42.5 Å². The van der Waals surface area contributed by atoms with E-state index in [-0.39, 0.29) is 40.3 Å². The fourth-order valence-corrected chi connectivity index (χ4v) is 6.24. The van der Waals surface area contributed by atoms with Crippen LogP contribution in [-0.2, 0) is 10.2 Å². The Bertz CT molecular complexity index is 1840. The fraction of sp³-hybridized carbons (Fsp3) is 0.241. The molecule has 4 unspecified atom stereocenters. The molecule has 1 fully saturated rings. The maximum absolute atomic E-state index is 15.6. The number of nitrogens with two attached hydrogens (primary N) is 1. The number of amides is 1. The van der Waals surface area contributed by atoms with Crippen LogP contribution in [-0.4, -0.2) is 36.3 Å². The number of hydrogen-bond donors (Lipinski definition) is 3. The number of halogens is 1. The molecule has 3 heterocycles. The molecule has 6 rings (SSSR count). The molecule has 200 valence electrons. The van der Waals surface area contributed by atoms with E-state index in [0.717, 1.165) is 11.6 Å². The van der Waals surface area contributed by atoms with Crippen LogP contribution in [0.3, 0.4) is 0 Å². The van der Waals surface area contributed by atoms with Gasteiger partial charge in [-0.25, -0.2) is 19.3 Å². The second-order valence-corrected chi connectivity index (χ2v) is 10.7. The first-order valence-corrected chi connectivity index (χ1v) is 12.6. The van der Waals surface area contributed by atoms with E-state index < -0.39 is 28.5 Å². The van der Waals surface area contributed by atoms with Crippen LogP contribution in [0.15, 0.2) is 60.6 Å². The van der Waals surface area contributed by atoms with E-state index in [4.69, 9.17) is 16.0 Å². The number of anilines is 2. The first-order valence-electron chi connectivity index (χ1n) is 12.6. The smallest absolute Gasteiger partial charge is 0.313 e. The lowest BCUT2D eigenvalue weighted by Crippen LogP contribution is -2.64. The maximum atomic E-state index is 15.6. The lowest BCUT2D eigenvalue weighted by molar-refractivity contribution is -0.154. The number of nitrogens with one attached hydrogen (secondary N) is 1. The van der Waals surface area contributed by atoms with Crippen LogP contribution < -0.4 is 11.1 Å². The zero-order chi connectivity index (χ0) is 28.6. The van der Waals surface area contributed by atoms with Crippen LogP contribution in [0.25, 0.3) is 16.8 Å². The Hall–Kier alpha value is -5.11. The van der Waals surface area contributed by atoms with Crippen molar-refractivity contribution >= 4 is 29.0 Å². The third-order valence-electron chi connectivity index (χ3n) is 8.57. The number of carbonyl (C=O) groups excluding carboxylic acids is 1. The lowest BCUT2D eigenvalue weighted by Gasteiger charge is -2.64. The molecule has 2 aliphatic rings. The average molecular weight is 538 g/mol. The van der Waals surface area contributed by atoms with Crippen LogP contribution >= 0.6 is 0 Å². The third-order valence-corrected chi connectivity index (χ3v) is 8.57. The van der Waals surface area contributed by atoms with Gasteiger partial charge in [0.15, 0.2) is 0 Å². The van der Waals surface area contributed by atoms with Gasteiger partial charge in [0.05, 0.1) is 22.5 Å². The van der Waals surface area contributed by atoms with Gasteiger partial charge in [-0.1, -0.05) is 18.6 Å². The van der Waals surface area contributed by atoms with Gasteiger partial charge >= 0.3 is 5.97 Å². The number of carboxylic acids is 1. The molecule has 3 aromatic heterocycles. The topological polar surface area (TPSA) is 159 Å². The highest BCUT2D eigenvalue weighted by atomic mass is 19.1. The SMILES string of the molecule is CC1C2C(=CC2(C)C(=O)O)C1(C)c1nc(-c2ccc(C(=O)Nc3cc(C#N)ccn3)cc2F)c2c(N)nccn12. The quantitative estimate of drug-likeness (QED) is 0.320. The molecule has 1 aromatic carbocycles. The van der Waals surface area contributed by atoms with Crippen molar-refractivity contribution in [3.8, 4) is 17.3 Å². The number of imidazole rings is 1.